The monoisotopic (exact) mass is 450 g/mol. The second-order valence-electron chi connectivity index (χ2n) is 6.28. The van der Waals surface area contributed by atoms with Crippen LogP contribution in [0.2, 0.25) is 5.02 Å². The Labute approximate surface area is 181 Å². The number of carbonyl (C=O) groups excluding carboxylic acids is 2. The van der Waals surface area contributed by atoms with Crippen LogP contribution < -0.4 is 16.2 Å². The molecule has 3 aromatic carbocycles. The van der Waals surface area contributed by atoms with Crippen molar-refractivity contribution in [3.8, 4) is 11.1 Å². The third kappa shape index (κ3) is 7.44. The molecule has 0 spiro atoms. The quantitative estimate of drug-likeness (QED) is 0.638. The minimum Gasteiger partial charge on any atom is -0.542 e. The van der Waals surface area contributed by atoms with Crippen LogP contribution in [0.1, 0.15) is 15.9 Å². The van der Waals surface area contributed by atoms with E-state index in [-0.39, 0.29) is 5.91 Å². The summed E-state index contributed by atoms with van der Waals surface area (Å²) >= 11 is 5.85. The highest BCUT2D eigenvalue weighted by molar-refractivity contribution is 6.30. The lowest BCUT2D eigenvalue weighted by Gasteiger charge is -2.08. The Bertz CT molecular complexity index is 1050. The molecule has 0 radical (unpaired) electrons. The molecule has 1 amide bonds. The molecule has 3 aromatic rings. The SMILES string of the molecule is O=C([O-])C(F)(F)F.[NH3+]Cc1cccc(-c2cccc(NC(=O)c3ccc(Cl)cc3)c2)c1. The van der Waals surface area contributed by atoms with E-state index < -0.39 is 12.1 Å². The molecule has 0 aliphatic carbocycles. The highest BCUT2D eigenvalue weighted by Crippen LogP contribution is 2.24. The van der Waals surface area contributed by atoms with Gasteiger partial charge in [0, 0.05) is 21.8 Å². The summed E-state index contributed by atoms with van der Waals surface area (Å²) < 4.78 is 31.5. The zero-order valence-electron chi connectivity index (χ0n) is 16.1. The van der Waals surface area contributed by atoms with Gasteiger partial charge in [0.2, 0.25) is 0 Å². The standard InChI is InChI=1S/C20H17ClN2O.C2HF3O2/c21-18-9-7-15(8-10-18)20(24)23-19-6-2-5-17(12-19)16-4-1-3-14(11-16)13-22;3-2(4,5)1(6)7/h1-12H,13,22H2,(H,23,24);(H,6,7). The minimum absolute atomic E-state index is 0.157. The van der Waals surface area contributed by atoms with Crippen LogP contribution >= 0.6 is 11.6 Å². The van der Waals surface area contributed by atoms with Crippen LogP contribution in [0.25, 0.3) is 11.1 Å². The molecular weight excluding hydrogens is 433 g/mol. The number of carboxylic acids is 1. The Morgan fingerprint density at radius 3 is 2.03 bits per heavy atom. The van der Waals surface area contributed by atoms with E-state index in [0.717, 1.165) is 23.4 Å². The first-order valence-corrected chi connectivity index (χ1v) is 9.31. The fourth-order valence-electron chi connectivity index (χ4n) is 2.49. The van der Waals surface area contributed by atoms with Crippen LogP contribution in [0.5, 0.6) is 0 Å². The summed E-state index contributed by atoms with van der Waals surface area (Å²) in [6.45, 7) is 0.751. The zero-order chi connectivity index (χ0) is 23.0. The Balaban J connectivity index is 0.000000423. The lowest BCUT2D eigenvalue weighted by molar-refractivity contribution is -0.386. The van der Waals surface area contributed by atoms with Gasteiger partial charge in [-0.25, -0.2) is 0 Å². The average molecular weight is 451 g/mol. The summed E-state index contributed by atoms with van der Waals surface area (Å²) in [5.74, 6) is -3.16. The maximum absolute atomic E-state index is 12.3. The largest absolute Gasteiger partial charge is 0.542 e. The summed E-state index contributed by atoms with van der Waals surface area (Å²) in [5.41, 5.74) is 8.60. The minimum atomic E-state index is -5.19. The highest BCUT2D eigenvalue weighted by Gasteiger charge is 2.28. The average Bonchev–Trinajstić information content (AvgIpc) is 2.74. The maximum Gasteiger partial charge on any atom is 0.430 e. The highest BCUT2D eigenvalue weighted by atomic mass is 35.5. The number of benzene rings is 3. The molecule has 0 aliphatic rings. The number of hydrogen-bond donors (Lipinski definition) is 2. The van der Waals surface area contributed by atoms with Gasteiger partial charge in [-0.2, -0.15) is 13.2 Å². The molecule has 0 unspecified atom stereocenters. The Hall–Kier alpha value is -3.36. The van der Waals surface area contributed by atoms with Gasteiger partial charge in [0.15, 0.2) is 0 Å². The van der Waals surface area contributed by atoms with Crippen molar-refractivity contribution < 1.29 is 33.6 Å². The first-order valence-electron chi connectivity index (χ1n) is 8.94. The molecule has 5 nitrogen and oxygen atoms in total. The van der Waals surface area contributed by atoms with Gasteiger partial charge >= 0.3 is 6.18 Å². The molecule has 31 heavy (non-hydrogen) atoms. The first-order chi connectivity index (χ1) is 14.6. The number of carbonyl (C=O) groups is 2. The Morgan fingerprint density at radius 2 is 1.48 bits per heavy atom. The number of aliphatic carboxylic acids is 1. The number of halogens is 4. The number of carboxylic acid groups (broad SMARTS) is 1. The van der Waals surface area contributed by atoms with Crippen molar-refractivity contribution in [2.45, 2.75) is 12.7 Å². The van der Waals surface area contributed by atoms with Gasteiger partial charge in [-0.1, -0.05) is 41.9 Å². The molecule has 0 fully saturated rings. The first kappa shape index (κ1) is 23.9. The van der Waals surface area contributed by atoms with E-state index in [9.17, 15) is 18.0 Å². The van der Waals surface area contributed by atoms with Crippen molar-refractivity contribution in [3.05, 3.63) is 88.9 Å². The molecule has 0 saturated carbocycles. The number of alkyl halides is 3. The number of nitrogens with one attached hydrogen (secondary N) is 1. The Morgan fingerprint density at radius 1 is 0.935 bits per heavy atom. The number of quaternary nitrogens is 1. The van der Waals surface area contributed by atoms with E-state index in [2.05, 4.69) is 29.2 Å². The molecule has 0 aliphatic heterocycles. The molecule has 3 rings (SSSR count). The summed E-state index contributed by atoms with van der Waals surface area (Å²) in [6.07, 6.45) is -5.19. The molecule has 4 N–H and O–H groups in total. The van der Waals surface area contributed by atoms with E-state index in [0.29, 0.717) is 10.6 Å². The molecule has 0 atom stereocenters. The van der Waals surface area contributed by atoms with E-state index in [1.54, 1.807) is 24.3 Å². The topological polar surface area (TPSA) is 96.9 Å². The van der Waals surface area contributed by atoms with Crippen LogP contribution in [0.3, 0.4) is 0 Å². The van der Waals surface area contributed by atoms with Gasteiger partial charge in [0.05, 0.1) is 6.54 Å². The van der Waals surface area contributed by atoms with Crippen molar-refractivity contribution in [1.82, 2.24) is 0 Å². The molecule has 0 bridgehead atoms. The molecule has 162 valence electrons. The van der Waals surface area contributed by atoms with Crippen molar-refractivity contribution in [1.29, 1.82) is 0 Å². The third-order valence-corrected chi connectivity index (χ3v) is 4.26. The van der Waals surface area contributed by atoms with E-state index in [4.69, 9.17) is 21.5 Å². The summed E-state index contributed by atoms with van der Waals surface area (Å²) in [7, 11) is 0. The summed E-state index contributed by atoms with van der Waals surface area (Å²) in [6, 6.07) is 22.9. The zero-order valence-corrected chi connectivity index (χ0v) is 16.8. The molecule has 0 heterocycles. The molecular formula is C22H18ClF3N2O3. The van der Waals surface area contributed by atoms with Gasteiger partial charge in [-0.15, -0.1) is 0 Å². The molecule has 0 saturated heterocycles. The molecule has 9 heteroatoms. The van der Waals surface area contributed by atoms with Crippen LogP contribution in [-0.2, 0) is 11.3 Å². The van der Waals surface area contributed by atoms with Gasteiger partial charge in [0.25, 0.3) is 5.91 Å². The Kier molecular flexibility index (Phi) is 8.18. The summed E-state index contributed by atoms with van der Waals surface area (Å²) in [4.78, 5) is 21.1. The van der Waals surface area contributed by atoms with Crippen LogP contribution in [0, 0.1) is 0 Å². The van der Waals surface area contributed by atoms with E-state index in [1.165, 1.54) is 5.56 Å². The predicted molar refractivity (Wildman–Crippen MR) is 109 cm³/mol. The number of rotatable bonds is 4. The number of amides is 1. The number of anilines is 1. The molecule has 0 aromatic heterocycles. The van der Waals surface area contributed by atoms with Crippen molar-refractivity contribution in [3.63, 3.8) is 0 Å². The number of hydrogen-bond acceptors (Lipinski definition) is 3. The maximum atomic E-state index is 12.3. The van der Waals surface area contributed by atoms with Crippen LogP contribution in [0.4, 0.5) is 18.9 Å². The third-order valence-electron chi connectivity index (χ3n) is 4.01. The van der Waals surface area contributed by atoms with Gasteiger partial charge in [-0.3, -0.25) is 4.79 Å². The normalized spacial score (nSPS) is 10.6. The van der Waals surface area contributed by atoms with Gasteiger partial charge in [-0.05, 0) is 53.6 Å². The lowest BCUT2D eigenvalue weighted by Crippen LogP contribution is -2.47. The fraction of sp³-hybridized carbons (Fsp3) is 0.0909. The summed E-state index contributed by atoms with van der Waals surface area (Å²) in [5, 5.41) is 12.3. The van der Waals surface area contributed by atoms with Crippen molar-refractivity contribution in [2.75, 3.05) is 5.32 Å². The van der Waals surface area contributed by atoms with Crippen LogP contribution in [0.15, 0.2) is 72.8 Å². The van der Waals surface area contributed by atoms with Crippen molar-refractivity contribution in [2.24, 2.45) is 0 Å². The lowest BCUT2D eigenvalue weighted by atomic mass is 10.0. The van der Waals surface area contributed by atoms with E-state index in [1.807, 2.05) is 30.3 Å². The van der Waals surface area contributed by atoms with Crippen molar-refractivity contribution >= 4 is 29.2 Å². The predicted octanol–water partition coefficient (Wildman–Crippen LogP) is 3.30. The van der Waals surface area contributed by atoms with Gasteiger partial charge < -0.3 is 21.0 Å². The second kappa shape index (κ2) is 10.6. The van der Waals surface area contributed by atoms with E-state index >= 15 is 0 Å². The smallest absolute Gasteiger partial charge is 0.430 e. The van der Waals surface area contributed by atoms with Crippen LogP contribution in [-0.4, -0.2) is 18.1 Å². The second-order valence-corrected chi connectivity index (χ2v) is 6.71. The van der Waals surface area contributed by atoms with Gasteiger partial charge in [0.1, 0.15) is 5.97 Å². The fourth-order valence-corrected chi connectivity index (χ4v) is 2.61.